The van der Waals surface area contributed by atoms with Crippen molar-refractivity contribution in [1.82, 2.24) is 5.32 Å². The van der Waals surface area contributed by atoms with E-state index in [4.69, 9.17) is 5.73 Å². The zero-order chi connectivity index (χ0) is 15.7. The molecule has 0 radical (unpaired) electrons. The van der Waals surface area contributed by atoms with Crippen LogP contribution in [0.25, 0.3) is 0 Å². The number of Topliss-reactive ketones (excluding diaryl/α,β-unsaturated/α-hetero) is 1. The maximum Gasteiger partial charge on any atom is 0.252 e. The Morgan fingerprint density at radius 2 is 2.09 bits per heavy atom. The molecule has 0 spiro atoms. The number of fused-ring (bicyclic) bond motifs is 1. The van der Waals surface area contributed by atoms with Gasteiger partial charge in [-0.15, -0.1) is 11.3 Å². The highest BCUT2D eigenvalue weighted by Gasteiger charge is 2.33. The fraction of sp³-hybridized carbons (Fsp3) is 0.647. The van der Waals surface area contributed by atoms with Gasteiger partial charge in [-0.2, -0.15) is 0 Å². The lowest BCUT2D eigenvalue weighted by Crippen LogP contribution is -2.30. The molecule has 0 bridgehead atoms. The maximum atomic E-state index is 12.6. The van der Waals surface area contributed by atoms with Gasteiger partial charge in [0.25, 0.3) is 5.91 Å². The van der Waals surface area contributed by atoms with Crippen molar-refractivity contribution in [2.24, 2.45) is 11.7 Å². The molecule has 0 aromatic carbocycles. The summed E-state index contributed by atoms with van der Waals surface area (Å²) in [4.78, 5) is 27.0. The highest BCUT2D eigenvalue weighted by molar-refractivity contribution is 7.12. The van der Waals surface area contributed by atoms with Crippen LogP contribution in [0.5, 0.6) is 0 Å². The van der Waals surface area contributed by atoms with Gasteiger partial charge in [0, 0.05) is 34.7 Å². The van der Waals surface area contributed by atoms with E-state index in [1.807, 2.05) is 6.92 Å². The summed E-state index contributed by atoms with van der Waals surface area (Å²) in [6.45, 7) is 2.71. The Kier molecular flexibility index (Phi) is 4.64. The summed E-state index contributed by atoms with van der Waals surface area (Å²) < 4.78 is 0. The van der Waals surface area contributed by atoms with Crippen molar-refractivity contribution < 1.29 is 9.59 Å². The molecule has 0 aliphatic heterocycles. The lowest BCUT2D eigenvalue weighted by Gasteiger charge is -2.19. The van der Waals surface area contributed by atoms with E-state index in [9.17, 15) is 9.59 Å². The summed E-state index contributed by atoms with van der Waals surface area (Å²) >= 11 is 1.66. The predicted octanol–water partition coefficient (Wildman–Crippen LogP) is 2.23. The smallest absolute Gasteiger partial charge is 0.252 e. The molecule has 1 saturated carbocycles. The second-order valence-electron chi connectivity index (χ2n) is 6.48. The third-order valence-electron chi connectivity index (χ3n) is 4.50. The van der Waals surface area contributed by atoms with Crippen LogP contribution >= 0.6 is 11.3 Å². The third kappa shape index (κ3) is 3.25. The predicted molar refractivity (Wildman–Crippen MR) is 88.4 cm³/mol. The quantitative estimate of drug-likeness (QED) is 0.844. The van der Waals surface area contributed by atoms with Crippen molar-refractivity contribution in [2.75, 3.05) is 6.54 Å². The molecule has 3 N–H and O–H groups in total. The second kappa shape index (κ2) is 6.50. The summed E-state index contributed by atoms with van der Waals surface area (Å²) in [6, 6.07) is 0.131. The lowest BCUT2D eigenvalue weighted by molar-refractivity contribution is -0.119. The Bertz CT molecular complexity index is 590. The van der Waals surface area contributed by atoms with Crippen molar-refractivity contribution in [3.8, 4) is 0 Å². The van der Waals surface area contributed by atoms with Crippen LogP contribution in [0.4, 0.5) is 0 Å². The van der Waals surface area contributed by atoms with Crippen LogP contribution < -0.4 is 11.1 Å². The van der Waals surface area contributed by atoms with Crippen molar-refractivity contribution in [3.05, 3.63) is 20.9 Å². The number of amides is 1. The number of rotatable bonds is 6. The minimum absolute atomic E-state index is 0.0213. The lowest BCUT2D eigenvalue weighted by atomic mass is 9.90. The molecule has 4 nitrogen and oxygen atoms in total. The molecule has 1 atom stereocenters. The molecule has 2 aliphatic rings. The number of carbonyl (C=O) groups excluding carboxylic acids is 2. The van der Waals surface area contributed by atoms with Gasteiger partial charge in [-0.05, 0) is 44.1 Å². The zero-order valence-corrected chi connectivity index (χ0v) is 13.9. The van der Waals surface area contributed by atoms with Gasteiger partial charge in [0.2, 0.25) is 0 Å². The number of aryl methyl sites for hydroxylation is 1. The first-order valence-corrected chi connectivity index (χ1v) is 9.11. The van der Waals surface area contributed by atoms with Crippen LogP contribution in [-0.4, -0.2) is 24.3 Å². The summed E-state index contributed by atoms with van der Waals surface area (Å²) in [7, 11) is 0. The summed E-state index contributed by atoms with van der Waals surface area (Å²) in [6.07, 6.45) is 6.05. The normalized spacial score (nSPS) is 20.5. The minimum atomic E-state index is -0.0213. The van der Waals surface area contributed by atoms with Crippen LogP contribution in [-0.2, 0) is 24.1 Å². The van der Waals surface area contributed by atoms with Crippen LogP contribution in [0, 0.1) is 5.92 Å². The van der Waals surface area contributed by atoms with E-state index in [0.29, 0.717) is 18.7 Å². The molecule has 3 rings (SSSR count). The SMILES string of the molecule is CCCNC(=O)c1c(CC(=O)C2CC2)sc2c1CC(N)CC2. The summed E-state index contributed by atoms with van der Waals surface area (Å²) in [5, 5.41) is 2.97. The monoisotopic (exact) mass is 320 g/mol. The molecule has 5 heteroatoms. The van der Waals surface area contributed by atoms with Crippen LogP contribution in [0.1, 0.15) is 58.3 Å². The number of thiophene rings is 1. The molecular weight excluding hydrogens is 296 g/mol. The fourth-order valence-electron chi connectivity index (χ4n) is 3.09. The number of ketones is 1. The largest absolute Gasteiger partial charge is 0.352 e. The molecule has 22 heavy (non-hydrogen) atoms. The van der Waals surface area contributed by atoms with Crippen LogP contribution in [0.15, 0.2) is 0 Å². The van der Waals surface area contributed by atoms with Gasteiger partial charge in [-0.3, -0.25) is 9.59 Å². The van der Waals surface area contributed by atoms with Gasteiger partial charge in [0.15, 0.2) is 0 Å². The Morgan fingerprint density at radius 1 is 1.32 bits per heavy atom. The maximum absolute atomic E-state index is 12.6. The van der Waals surface area contributed by atoms with E-state index in [2.05, 4.69) is 5.32 Å². The van der Waals surface area contributed by atoms with E-state index in [-0.39, 0.29) is 17.9 Å². The molecule has 1 fully saturated rings. The second-order valence-corrected chi connectivity index (χ2v) is 7.67. The Labute approximate surface area is 135 Å². The van der Waals surface area contributed by atoms with Crippen molar-refractivity contribution in [3.63, 3.8) is 0 Å². The summed E-state index contributed by atoms with van der Waals surface area (Å²) in [5.41, 5.74) is 7.96. The molecule has 1 heterocycles. The average Bonchev–Trinajstić information content (AvgIpc) is 3.27. The van der Waals surface area contributed by atoms with Crippen molar-refractivity contribution in [1.29, 1.82) is 0 Å². The van der Waals surface area contributed by atoms with Crippen molar-refractivity contribution in [2.45, 2.75) is 57.9 Å². The molecule has 120 valence electrons. The average molecular weight is 320 g/mol. The van der Waals surface area contributed by atoms with Crippen molar-refractivity contribution >= 4 is 23.0 Å². The molecule has 1 unspecified atom stereocenters. The fourth-order valence-corrected chi connectivity index (χ4v) is 4.45. The molecule has 0 saturated heterocycles. The van der Waals surface area contributed by atoms with E-state index in [1.165, 1.54) is 4.88 Å². The number of hydrogen-bond acceptors (Lipinski definition) is 4. The highest BCUT2D eigenvalue weighted by Crippen LogP contribution is 2.37. The van der Waals surface area contributed by atoms with Gasteiger partial charge >= 0.3 is 0 Å². The molecule has 1 aromatic rings. The summed E-state index contributed by atoms with van der Waals surface area (Å²) in [5.74, 6) is 0.521. The molecular formula is C17H24N2O2S. The molecule has 1 amide bonds. The van der Waals surface area contributed by atoms with E-state index in [1.54, 1.807) is 11.3 Å². The number of carbonyl (C=O) groups is 2. The van der Waals surface area contributed by atoms with Crippen LogP contribution in [0.2, 0.25) is 0 Å². The standard InChI is InChI=1S/C17H24N2O2S/c1-2-7-19-17(21)16-12-8-11(18)5-6-14(12)22-15(16)9-13(20)10-3-4-10/h10-11H,2-9,18H2,1H3,(H,19,21). The van der Waals surface area contributed by atoms with E-state index in [0.717, 1.165) is 54.5 Å². The molecule has 1 aromatic heterocycles. The van der Waals surface area contributed by atoms with E-state index >= 15 is 0 Å². The first kappa shape index (κ1) is 15.7. The highest BCUT2D eigenvalue weighted by atomic mass is 32.1. The Hall–Kier alpha value is -1.20. The number of nitrogens with one attached hydrogen (secondary N) is 1. The number of nitrogens with two attached hydrogens (primary N) is 1. The van der Waals surface area contributed by atoms with Crippen LogP contribution in [0.3, 0.4) is 0 Å². The first-order chi connectivity index (χ1) is 10.6. The number of hydrogen-bond donors (Lipinski definition) is 2. The van der Waals surface area contributed by atoms with E-state index < -0.39 is 0 Å². The first-order valence-electron chi connectivity index (χ1n) is 8.30. The third-order valence-corrected chi connectivity index (χ3v) is 5.79. The van der Waals surface area contributed by atoms with Gasteiger partial charge in [0.05, 0.1) is 5.56 Å². The Morgan fingerprint density at radius 3 is 2.77 bits per heavy atom. The van der Waals surface area contributed by atoms with Gasteiger partial charge < -0.3 is 11.1 Å². The zero-order valence-electron chi connectivity index (χ0n) is 13.1. The topological polar surface area (TPSA) is 72.2 Å². The Balaban J connectivity index is 1.89. The van der Waals surface area contributed by atoms with Gasteiger partial charge in [0.1, 0.15) is 5.78 Å². The van der Waals surface area contributed by atoms with Gasteiger partial charge in [-0.1, -0.05) is 6.92 Å². The van der Waals surface area contributed by atoms with Gasteiger partial charge in [-0.25, -0.2) is 0 Å². The minimum Gasteiger partial charge on any atom is -0.352 e. The molecule has 2 aliphatic carbocycles.